The molecular formula is C20H29ClN4O4S2. The van der Waals surface area contributed by atoms with Gasteiger partial charge in [0, 0.05) is 25.7 Å². The number of aromatic nitrogens is 2. The number of aryl methyl sites for hydroxylation is 1. The van der Waals surface area contributed by atoms with E-state index < -0.39 is 22.7 Å². The number of hydrogen-bond acceptors (Lipinski definition) is 7. The molecule has 2 N–H and O–H groups in total. The molecule has 1 aromatic heterocycles. The van der Waals surface area contributed by atoms with Gasteiger partial charge in [-0.05, 0) is 25.0 Å². The van der Waals surface area contributed by atoms with Crippen molar-refractivity contribution in [1.82, 2.24) is 14.1 Å². The molecule has 0 bridgehead atoms. The van der Waals surface area contributed by atoms with E-state index in [4.69, 9.17) is 21.7 Å². The number of likely N-dealkylation sites (N-methyl/N-ethyl adjacent to an activating group) is 1. The quantitative estimate of drug-likeness (QED) is 0.593. The number of halogens is 1. The first-order chi connectivity index (χ1) is 14.8. The second-order valence-electron chi connectivity index (χ2n) is 7.67. The van der Waals surface area contributed by atoms with Crippen LogP contribution in [0.1, 0.15) is 39.0 Å². The van der Waals surface area contributed by atoms with E-state index in [0.29, 0.717) is 16.6 Å². The van der Waals surface area contributed by atoms with Crippen molar-refractivity contribution in [3.05, 3.63) is 28.0 Å². The summed E-state index contributed by atoms with van der Waals surface area (Å²) in [5.74, 6) is 0. The highest BCUT2D eigenvalue weighted by Gasteiger charge is 2.28. The minimum Gasteiger partial charge on any atom is -0.394 e. The lowest BCUT2D eigenvalue weighted by Crippen LogP contribution is -2.38. The minimum atomic E-state index is -3.97. The molecule has 2 aromatic rings. The zero-order valence-corrected chi connectivity index (χ0v) is 20.1. The lowest BCUT2D eigenvalue weighted by Gasteiger charge is -2.23. The SMILES string of the molecule is CCN(CC(O)CO)S(=O)(=O)c1cc(-c2nn(C)/c(=N\C3CCCCC3)s2)ccc1Cl. The van der Waals surface area contributed by atoms with Gasteiger partial charge in [-0.3, -0.25) is 4.99 Å². The molecule has 0 radical (unpaired) electrons. The average molecular weight is 489 g/mol. The van der Waals surface area contributed by atoms with Gasteiger partial charge < -0.3 is 10.2 Å². The monoisotopic (exact) mass is 488 g/mol. The molecule has 1 heterocycles. The van der Waals surface area contributed by atoms with Crippen LogP contribution in [0.2, 0.25) is 5.02 Å². The Kier molecular flexibility index (Phi) is 8.28. The van der Waals surface area contributed by atoms with Crippen LogP contribution in [0.5, 0.6) is 0 Å². The fraction of sp³-hybridized carbons (Fsp3) is 0.600. The molecule has 1 aliphatic carbocycles. The second kappa shape index (κ2) is 10.5. The highest BCUT2D eigenvalue weighted by Crippen LogP contribution is 2.30. The third kappa shape index (κ3) is 5.74. The van der Waals surface area contributed by atoms with Gasteiger partial charge in [-0.2, -0.15) is 9.40 Å². The number of hydrogen-bond donors (Lipinski definition) is 2. The molecule has 1 aliphatic rings. The van der Waals surface area contributed by atoms with Crippen molar-refractivity contribution in [1.29, 1.82) is 0 Å². The molecule has 0 aliphatic heterocycles. The van der Waals surface area contributed by atoms with Gasteiger partial charge in [0.25, 0.3) is 0 Å². The maximum Gasteiger partial charge on any atom is 0.244 e. The Hall–Kier alpha value is -1.30. The van der Waals surface area contributed by atoms with Gasteiger partial charge in [0.1, 0.15) is 9.90 Å². The molecular weight excluding hydrogens is 460 g/mol. The largest absolute Gasteiger partial charge is 0.394 e. The van der Waals surface area contributed by atoms with Crippen LogP contribution >= 0.6 is 22.9 Å². The van der Waals surface area contributed by atoms with Crippen LogP contribution in [0.3, 0.4) is 0 Å². The Morgan fingerprint density at radius 1 is 1.35 bits per heavy atom. The van der Waals surface area contributed by atoms with E-state index in [0.717, 1.165) is 21.9 Å². The highest BCUT2D eigenvalue weighted by molar-refractivity contribution is 7.89. The lowest BCUT2D eigenvalue weighted by molar-refractivity contribution is 0.0795. The van der Waals surface area contributed by atoms with Gasteiger partial charge in [-0.25, -0.2) is 13.1 Å². The summed E-state index contributed by atoms with van der Waals surface area (Å²) >= 11 is 7.67. The number of rotatable bonds is 8. The van der Waals surface area contributed by atoms with Gasteiger partial charge in [0.15, 0.2) is 0 Å². The van der Waals surface area contributed by atoms with Crippen molar-refractivity contribution in [2.24, 2.45) is 12.0 Å². The summed E-state index contributed by atoms with van der Waals surface area (Å²) in [5.41, 5.74) is 0.632. The Bertz CT molecular complexity index is 1060. The molecule has 1 unspecified atom stereocenters. The Labute approximate surface area is 191 Å². The molecule has 31 heavy (non-hydrogen) atoms. The number of benzene rings is 1. The van der Waals surface area contributed by atoms with Crippen LogP contribution in [-0.4, -0.2) is 64.6 Å². The van der Waals surface area contributed by atoms with Crippen LogP contribution < -0.4 is 4.80 Å². The Morgan fingerprint density at radius 2 is 2.06 bits per heavy atom. The molecule has 0 amide bonds. The zero-order valence-electron chi connectivity index (χ0n) is 17.7. The number of aliphatic hydroxyl groups excluding tert-OH is 2. The number of nitrogens with zero attached hydrogens (tertiary/aromatic N) is 4. The van der Waals surface area contributed by atoms with E-state index in [2.05, 4.69) is 5.10 Å². The molecule has 172 valence electrons. The first-order valence-corrected chi connectivity index (χ1v) is 13.1. The van der Waals surface area contributed by atoms with Crippen LogP contribution in [0.4, 0.5) is 0 Å². The summed E-state index contributed by atoms with van der Waals surface area (Å²) in [6.07, 6.45) is 4.66. The van der Waals surface area contributed by atoms with E-state index in [9.17, 15) is 13.5 Å². The summed E-state index contributed by atoms with van der Waals surface area (Å²) in [6.45, 7) is 1.06. The summed E-state index contributed by atoms with van der Waals surface area (Å²) in [5, 5.41) is 24.1. The third-order valence-corrected chi connectivity index (χ3v) is 8.83. The third-order valence-electron chi connectivity index (χ3n) is 5.35. The van der Waals surface area contributed by atoms with E-state index >= 15 is 0 Å². The molecule has 1 atom stereocenters. The predicted octanol–water partition coefficient (Wildman–Crippen LogP) is 2.40. The molecule has 3 rings (SSSR count). The van der Waals surface area contributed by atoms with Gasteiger partial charge in [-0.15, -0.1) is 0 Å². The van der Waals surface area contributed by atoms with Crippen molar-refractivity contribution in [3.8, 4) is 10.6 Å². The number of aliphatic hydroxyl groups is 2. The first-order valence-electron chi connectivity index (χ1n) is 10.4. The molecule has 1 fully saturated rings. The normalized spacial score (nSPS) is 17.4. The van der Waals surface area contributed by atoms with Crippen molar-refractivity contribution in [3.63, 3.8) is 0 Å². The molecule has 1 saturated carbocycles. The van der Waals surface area contributed by atoms with Crippen molar-refractivity contribution < 1.29 is 18.6 Å². The fourth-order valence-corrected chi connectivity index (χ4v) is 6.55. The predicted molar refractivity (Wildman–Crippen MR) is 121 cm³/mol. The lowest BCUT2D eigenvalue weighted by atomic mass is 9.96. The maximum absolute atomic E-state index is 13.2. The molecule has 8 nitrogen and oxygen atoms in total. The summed E-state index contributed by atoms with van der Waals surface area (Å²) in [6, 6.07) is 5.10. The molecule has 11 heteroatoms. The first kappa shape index (κ1) is 24.3. The van der Waals surface area contributed by atoms with E-state index in [1.165, 1.54) is 36.7 Å². The summed E-state index contributed by atoms with van der Waals surface area (Å²) < 4.78 is 29.2. The second-order valence-corrected chi connectivity index (χ2v) is 10.9. The van der Waals surface area contributed by atoms with Gasteiger partial charge in [0.2, 0.25) is 14.8 Å². The van der Waals surface area contributed by atoms with Gasteiger partial charge >= 0.3 is 0 Å². The standard InChI is InChI=1S/C20H29ClN4O4S2/c1-3-25(12-16(27)13-26)31(28,29)18-11-14(9-10-17(18)21)19-23-24(2)20(30-19)22-15-7-5-4-6-8-15/h9-11,15-16,26-27H,3-8,12-13H2,1-2H3/b22-20+. The Morgan fingerprint density at radius 3 is 2.71 bits per heavy atom. The summed E-state index contributed by atoms with van der Waals surface area (Å²) in [7, 11) is -2.13. The van der Waals surface area contributed by atoms with Gasteiger partial charge in [0.05, 0.1) is 23.8 Å². The Balaban J connectivity index is 1.96. The fourth-order valence-electron chi connectivity index (χ4n) is 3.61. The van der Waals surface area contributed by atoms with Crippen LogP contribution in [-0.2, 0) is 17.1 Å². The van der Waals surface area contributed by atoms with Crippen molar-refractivity contribution in [2.75, 3.05) is 19.7 Å². The van der Waals surface area contributed by atoms with Crippen LogP contribution in [0.15, 0.2) is 28.1 Å². The topological polar surface area (TPSA) is 108 Å². The van der Waals surface area contributed by atoms with E-state index in [-0.39, 0.29) is 23.0 Å². The van der Waals surface area contributed by atoms with E-state index in [1.54, 1.807) is 23.7 Å². The number of sulfonamides is 1. The average Bonchev–Trinajstić information content (AvgIpc) is 3.12. The molecule has 0 spiro atoms. The van der Waals surface area contributed by atoms with E-state index in [1.807, 2.05) is 7.05 Å². The van der Waals surface area contributed by atoms with Crippen LogP contribution in [0.25, 0.3) is 10.6 Å². The minimum absolute atomic E-state index is 0.0534. The molecule has 1 aromatic carbocycles. The van der Waals surface area contributed by atoms with Gasteiger partial charge in [-0.1, -0.05) is 55.2 Å². The highest BCUT2D eigenvalue weighted by atomic mass is 35.5. The zero-order chi connectivity index (χ0) is 22.6. The molecule has 0 saturated heterocycles. The van der Waals surface area contributed by atoms with Crippen molar-refractivity contribution >= 4 is 33.0 Å². The summed E-state index contributed by atoms with van der Waals surface area (Å²) in [4.78, 5) is 5.61. The van der Waals surface area contributed by atoms with Crippen LogP contribution in [0, 0.1) is 0 Å². The smallest absolute Gasteiger partial charge is 0.244 e. The maximum atomic E-state index is 13.2. The van der Waals surface area contributed by atoms with Crippen molar-refractivity contribution in [2.45, 2.75) is 56.1 Å².